The number of nitrogens with one attached hydrogen (secondary N) is 2. The van der Waals surface area contributed by atoms with Crippen molar-refractivity contribution in [3.63, 3.8) is 0 Å². The summed E-state index contributed by atoms with van der Waals surface area (Å²) in [7, 11) is 0. The van der Waals surface area contributed by atoms with Crippen LogP contribution in [0.1, 0.15) is 32.3 Å². The van der Waals surface area contributed by atoms with Crippen molar-refractivity contribution in [2.75, 3.05) is 19.6 Å². The Labute approximate surface area is 185 Å². The Kier molecular flexibility index (Phi) is 9.77. The number of nitrogens with zero attached hydrogens (tertiary/aromatic N) is 4. The molecule has 0 aliphatic carbocycles. The van der Waals surface area contributed by atoms with Crippen molar-refractivity contribution in [1.29, 1.82) is 0 Å². The van der Waals surface area contributed by atoms with Crippen LogP contribution in [0, 0.1) is 0 Å². The quantitative estimate of drug-likeness (QED) is 0.352. The first-order chi connectivity index (χ1) is 13.2. The Morgan fingerprint density at radius 3 is 2.75 bits per heavy atom. The van der Waals surface area contributed by atoms with Crippen molar-refractivity contribution >= 4 is 29.9 Å². The Bertz CT molecular complexity index is 688. The summed E-state index contributed by atoms with van der Waals surface area (Å²) >= 11 is 0. The van der Waals surface area contributed by atoms with Crippen LogP contribution < -0.4 is 10.6 Å². The monoisotopic (exact) mass is 496 g/mol. The normalized spacial score (nSPS) is 20.4. The highest BCUT2D eigenvalue weighted by Gasteiger charge is 2.25. The molecule has 2 heterocycles. The van der Waals surface area contributed by atoms with Gasteiger partial charge in [0.25, 0.3) is 0 Å². The topological polar surface area (TPSA) is 57.5 Å². The number of likely N-dealkylation sites (tertiary alicyclic amines) is 1. The van der Waals surface area contributed by atoms with E-state index >= 15 is 0 Å². The minimum Gasteiger partial charge on any atom is -0.357 e. The number of piperidine rings is 1. The van der Waals surface area contributed by atoms with Gasteiger partial charge in [0.1, 0.15) is 0 Å². The summed E-state index contributed by atoms with van der Waals surface area (Å²) < 4.78 is 1.91. The van der Waals surface area contributed by atoms with Crippen LogP contribution in [-0.4, -0.2) is 52.4 Å². The summed E-state index contributed by atoms with van der Waals surface area (Å²) in [5.74, 6) is 0.915. The molecule has 0 saturated carbocycles. The number of hydrogen-bond donors (Lipinski definition) is 2. The fourth-order valence-electron chi connectivity index (χ4n) is 3.61. The average Bonchev–Trinajstić information content (AvgIpc) is 3.18. The Morgan fingerprint density at radius 2 is 2.07 bits per heavy atom. The minimum atomic E-state index is 0. The molecule has 1 aromatic heterocycles. The van der Waals surface area contributed by atoms with E-state index in [2.05, 4.69) is 64.8 Å². The highest BCUT2D eigenvalue weighted by molar-refractivity contribution is 14.0. The Hall–Kier alpha value is -1.61. The zero-order valence-corrected chi connectivity index (χ0v) is 19.3. The number of rotatable bonds is 7. The summed E-state index contributed by atoms with van der Waals surface area (Å²) in [4.78, 5) is 7.29. The number of hydrogen-bond acceptors (Lipinski definition) is 3. The first kappa shape index (κ1) is 22.7. The number of halogens is 1. The molecule has 2 N–H and O–H groups in total. The molecule has 1 aromatic carbocycles. The standard InChI is InChI=1S/C21H32N6.HI/c1-3-22-21(23-12-15-27-13-7-11-24-27)25-20-10-14-26(18(2)16-20)17-19-8-5-4-6-9-19;/h4-9,11,13,18,20H,3,10,12,14-17H2,1-2H3,(H2,22,23,25);1H. The molecular weight excluding hydrogens is 463 g/mol. The van der Waals surface area contributed by atoms with Gasteiger partial charge in [-0.2, -0.15) is 5.10 Å². The second-order valence-electron chi connectivity index (χ2n) is 7.20. The summed E-state index contributed by atoms with van der Waals surface area (Å²) in [5, 5.41) is 11.2. The van der Waals surface area contributed by atoms with Gasteiger partial charge in [-0.25, -0.2) is 0 Å². The molecule has 1 aliphatic rings. The minimum absolute atomic E-state index is 0. The smallest absolute Gasteiger partial charge is 0.191 e. The highest BCUT2D eigenvalue weighted by atomic mass is 127. The van der Waals surface area contributed by atoms with Crippen LogP contribution in [-0.2, 0) is 13.1 Å². The van der Waals surface area contributed by atoms with Crippen LogP contribution >= 0.6 is 24.0 Å². The summed E-state index contributed by atoms with van der Waals surface area (Å²) in [5.41, 5.74) is 1.39. The molecule has 1 saturated heterocycles. The Balaban J connectivity index is 0.00000280. The number of aromatic nitrogens is 2. The largest absolute Gasteiger partial charge is 0.357 e. The summed E-state index contributed by atoms with van der Waals surface area (Å²) in [6.07, 6.45) is 6.05. The third kappa shape index (κ3) is 7.09. The van der Waals surface area contributed by atoms with Gasteiger partial charge < -0.3 is 10.6 Å². The van der Waals surface area contributed by atoms with Crippen LogP contribution in [0.3, 0.4) is 0 Å². The van der Waals surface area contributed by atoms with E-state index in [1.54, 1.807) is 6.20 Å². The van der Waals surface area contributed by atoms with E-state index in [9.17, 15) is 0 Å². The van der Waals surface area contributed by atoms with E-state index in [4.69, 9.17) is 4.99 Å². The van der Waals surface area contributed by atoms with Crippen LogP contribution in [0.25, 0.3) is 0 Å². The lowest BCUT2D eigenvalue weighted by Crippen LogP contribution is -2.51. The van der Waals surface area contributed by atoms with Gasteiger partial charge in [0.15, 0.2) is 5.96 Å². The van der Waals surface area contributed by atoms with Crippen LogP contribution in [0.4, 0.5) is 0 Å². The lowest BCUT2D eigenvalue weighted by molar-refractivity contribution is 0.134. The number of guanidine groups is 1. The summed E-state index contributed by atoms with van der Waals surface area (Å²) in [6.45, 7) is 8.98. The van der Waals surface area contributed by atoms with Crippen LogP contribution in [0.2, 0.25) is 0 Å². The maximum absolute atomic E-state index is 4.71. The lowest BCUT2D eigenvalue weighted by atomic mass is 9.97. The molecule has 2 atom stereocenters. The maximum Gasteiger partial charge on any atom is 0.191 e. The molecule has 3 rings (SSSR count). The van der Waals surface area contributed by atoms with Crippen molar-refractivity contribution < 1.29 is 0 Å². The Morgan fingerprint density at radius 1 is 1.25 bits per heavy atom. The van der Waals surface area contributed by atoms with E-state index in [0.717, 1.165) is 51.5 Å². The fourth-order valence-corrected chi connectivity index (χ4v) is 3.61. The molecule has 154 valence electrons. The molecule has 2 unspecified atom stereocenters. The third-order valence-corrected chi connectivity index (χ3v) is 5.09. The molecule has 2 aromatic rings. The zero-order chi connectivity index (χ0) is 18.9. The number of aliphatic imine (C=N–C) groups is 1. The third-order valence-electron chi connectivity index (χ3n) is 5.09. The predicted molar refractivity (Wildman–Crippen MR) is 126 cm³/mol. The van der Waals surface area contributed by atoms with Gasteiger partial charge in [0.2, 0.25) is 0 Å². The van der Waals surface area contributed by atoms with E-state index in [1.165, 1.54) is 5.56 Å². The second-order valence-corrected chi connectivity index (χ2v) is 7.20. The van der Waals surface area contributed by atoms with Crippen molar-refractivity contribution in [3.8, 4) is 0 Å². The van der Waals surface area contributed by atoms with E-state index in [1.807, 2.05) is 16.9 Å². The zero-order valence-electron chi connectivity index (χ0n) is 16.9. The van der Waals surface area contributed by atoms with Gasteiger partial charge in [-0.1, -0.05) is 30.3 Å². The van der Waals surface area contributed by atoms with Crippen molar-refractivity contribution in [3.05, 3.63) is 54.4 Å². The van der Waals surface area contributed by atoms with Gasteiger partial charge in [0.05, 0.1) is 13.1 Å². The molecule has 7 heteroatoms. The fraction of sp³-hybridized carbons (Fsp3) is 0.524. The van der Waals surface area contributed by atoms with Crippen LogP contribution in [0.15, 0.2) is 53.8 Å². The molecule has 0 radical (unpaired) electrons. The van der Waals surface area contributed by atoms with Crippen molar-refractivity contribution in [1.82, 2.24) is 25.3 Å². The molecule has 28 heavy (non-hydrogen) atoms. The second kappa shape index (κ2) is 12.1. The molecule has 0 amide bonds. The van der Waals surface area contributed by atoms with E-state index in [0.29, 0.717) is 12.1 Å². The van der Waals surface area contributed by atoms with E-state index < -0.39 is 0 Å². The summed E-state index contributed by atoms with van der Waals surface area (Å²) in [6, 6.07) is 13.7. The molecule has 1 fully saturated rings. The first-order valence-electron chi connectivity index (χ1n) is 10.0. The molecule has 0 spiro atoms. The first-order valence-corrected chi connectivity index (χ1v) is 10.0. The molecule has 6 nitrogen and oxygen atoms in total. The van der Waals surface area contributed by atoms with Gasteiger partial charge in [-0.15, -0.1) is 24.0 Å². The van der Waals surface area contributed by atoms with Gasteiger partial charge >= 0.3 is 0 Å². The van der Waals surface area contributed by atoms with Crippen molar-refractivity contribution in [2.45, 2.75) is 51.9 Å². The van der Waals surface area contributed by atoms with E-state index in [-0.39, 0.29) is 24.0 Å². The van der Waals surface area contributed by atoms with Gasteiger partial charge in [-0.3, -0.25) is 14.6 Å². The molecular formula is C21H33IN6. The van der Waals surface area contributed by atoms with Crippen molar-refractivity contribution in [2.24, 2.45) is 4.99 Å². The van der Waals surface area contributed by atoms with Gasteiger partial charge in [-0.05, 0) is 38.3 Å². The molecule has 1 aliphatic heterocycles. The SMILES string of the molecule is CCNC(=NCCn1cccn1)NC1CCN(Cc2ccccc2)C(C)C1.I. The average molecular weight is 496 g/mol. The predicted octanol–water partition coefficient (Wildman–Crippen LogP) is 3.11. The highest BCUT2D eigenvalue weighted by Crippen LogP contribution is 2.19. The molecule has 0 bridgehead atoms. The lowest BCUT2D eigenvalue weighted by Gasteiger charge is -2.38. The number of benzene rings is 1. The van der Waals surface area contributed by atoms with Crippen LogP contribution in [0.5, 0.6) is 0 Å². The maximum atomic E-state index is 4.71. The van der Waals surface area contributed by atoms with Gasteiger partial charge in [0, 0.05) is 44.1 Å².